The van der Waals surface area contributed by atoms with Crippen molar-refractivity contribution in [2.75, 3.05) is 11.1 Å². The van der Waals surface area contributed by atoms with E-state index in [1.54, 1.807) is 12.1 Å². The third kappa shape index (κ3) is 2.52. The lowest BCUT2D eigenvalue weighted by Crippen LogP contribution is -2.00. The smallest absolute Gasteiger partial charge is 0.147 e. The summed E-state index contributed by atoms with van der Waals surface area (Å²) in [6.45, 7) is 0. The summed E-state index contributed by atoms with van der Waals surface area (Å²) in [5.74, 6) is -0.923. The number of nitrogens with two attached hydrogens (primary N) is 1. The van der Waals surface area contributed by atoms with Crippen LogP contribution in [0.25, 0.3) is 0 Å². The highest BCUT2D eigenvalue weighted by atomic mass is 79.9. The molecule has 0 amide bonds. The molecule has 0 fully saturated rings. The summed E-state index contributed by atoms with van der Waals surface area (Å²) in [4.78, 5) is 3.83. The maximum absolute atomic E-state index is 13.5. The van der Waals surface area contributed by atoms with Gasteiger partial charge in [0.1, 0.15) is 17.5 Å². The third-order valence-corrected chi connectivity index (χ3v) is 2.73. The summed E-state index contributed by atoms with van der Waals surface area (Å²) in [5, 5.41) is 2.69. The van der Waals surface area contributed by atoms with Crippen LogP contribution in [0.2, 0.25) is 0 Å². The summed E-state index contributed by atoms with van der Waals surface area (Å²) in [7, 11) is 0. The molecule has 0 aliphatic rings. The molecule has 0 unspecified atom stereocenters. The van der Waals surface area contributed by atoms with Crippen molar-refractivity contribution in [1.82, 2.24) is 4.98 Å². The van der Waals surface area contributed by atoms with Crippen LogP contribution in [0.15, 0.2) is 34.9 Å². The summed E-state index contributed by atoms with van der Waals surface area (Å²) >= 11 is 2.90. The Bertz CT molecular complexity index is 560. The average molecular weight is 300 g/mol. The van der Waals surface area contributed by atoms with Crippen LogP contribution in [0, 0.1) is 11.6 Å². The fraction of sp³-hybridized carbons (Fsp3) is 0. The lowest BCUT2D eigenvalue weighted by atomic mass is 10.2. The molecule has 0 bridgehead atoms. The van der Waals surface area contributed by atoms with Gasteiger partial charge in [-0.3, -0.25) is 0 Å². The SMILES string of the molecule is Nc1ncccc1Nc1cc(F)c(Br)cc1F. The summed E-state index contributed by atoms with van der Waals surface area (Å²) in [6.07, 6.45) is 1.51. The number of anilines is 3. The van der Waals surface area contributed by atoms with Gasteiger partial charge in [0.05, 0.1) is 15.8 Å². The highest BCUT2D eigenvalue weighted by Crippen LogP contribution is 2.27. The highest BCUT2D eigenvalue weighted by Gasteiger charge is 2.09. The Labute approximate surface area is 105 Å². The van der Waals surface area contributed by atoms with Crippen molar-refractivity contribution in [2.24, 2.45) is 0 Å². The van der Waals surface area contributed by atoms with Crippen LogP contribution >= 0.6 is 15.9 Å². The minimum Gasteiger partial charge on any atom is -0.382 e. The van der Waals surface area contributed by atoms with Crippen molar-refractivity contribution in [2.45, 2.75) is 0 Å². The Kier molecular flexibility index (Phi) is 3.23. The molecule has 2 rings (SSSR count). The van der Waals surface area contributed by atoms with E-state index in [1.165, 1.54) is 6.20 Å². The molecule has 6 heteroatoms. The molecule has 88 valence electrons. The number of rotatable bonds is 2. The van der Waals surface area contributed by atoms with Crippen molar-refractivity contribution in [3.05, 3.63) is 46.6 Å². The van der Waals surface area contributed by atoms with Gasteiger partial charge in [-0.05, 0) is 34.1 Å². The number of benzene rings is 1. The Balaban J connectivity index is 2.37. The van der Waals surface area contributed by atoms with Crippen molar-refractivity contribution in [3.63, 3.8) is 0 Å². The van der Waals surface area contributed by atoms with E-state index in [0.717, 1.165) is 12.1 Å². The maximum atomic E-state index is 13.5. The van der Waals surface area contributed by atoms with Gasteiger partial charge in [-0.1, -0.05) is 0 Å². The predicted octanol–water partition coefficient (Wildman–Crippen LogP) is 3.45. The zero-order valence-corrected chi connectivity index (χ0v) is 10.1. The van der Waals surface area contributed by atoms with Crippen LogP contribution < -0.4 is 11.1 Å². The van der Waals surface area contributed by atoms with Gasteiger partial charge in [0, 0.05) is 12.3 Å². The number of halogens is 3. The first-order chi connectivity index (χ1) is 8.08. The van der Waals surface area contributed by atoms with E-state index < -0.39 is 11.6 Å². The minimum absolute atomic E-state index is 0.00500. The normalized spacial score (nSPS) is 10.3. The van der Waals surface area contributed by atoms with Crippen molar-refractivity contribution >= 4 is 33.1 Å². The second-order valence-electron chi connectivity index (χ2n) is 3.31. The molecule has 17 heavy (non-hydrogen) atoms. The van der Waals surface area contributed by atoms with E-state index in [2.05, 4.69) is 26.2 Å². The van der Waals surface area contributed by atoms with E-state index >= 15 is 0 Å². The summed E-state index contributed by atoms with van der Waals surface area (Å²) in [5.41, 5.74) is 6.02. The molecule has 0 aliphatic carbocycles. The van der Waals surface area contributed by atoms with Gasteiger partial charge in [-0.25, -0.2) is 13.8 Å². The molecule has 0 saturated carbocycles. The molecule has 0 atom stereocenters. The van der Waals surface area contributed by atoms with Crippen LogP contribution in [0.4, 0.5) is 26.0 Å². The molecule has 0 spiro atoms. The molecule has 1 aromatic heterocycles. The van der Waals surface area contributed by atoms with Gasteiger partial charge in [0.25, 0.3) is 0 Å². The van der Waals surface area contributed by atoms with Gasteiger partial charge < -0.3 is 11.1 Å². The van der Waals surface area contributed by atoms with Gasteiger partial charge in [0.15, 0.2) is 0 Å². The van der Waals surface area contributed by atoms with E-state index in [-0.39, 0.29) is 16.0 Å². The van der Waals surface area contributed by atoms with Gasteiger partial charge in [0.2, 0.25) is 0 Å². The van der Waals surface area contributed by atoms with Gasteiger partial charge in [-0.2, -0.15) is 0 Å². The Hall–Kier alpha value is -1.69. The maximum Gasteiger partial charge on any atom is 0.147 e. The zero-order chi connectivity index (χ0) is 12.4. The van der Waals surface area contributed by atoms with Crippen LogP contribution in [0.3, 0.4) is 0 Å². The monoisotopic (exact) mass is 299 g/mol. The Morgan fingerprint density at radius 1 is 1.18 bits per heavy atom. The number of nitrogens with one attached hydrogen (secondary N) is 1. The van der Waals surface area contributed by atoms with Crippen LogP contribution in [0.5, 0.6) is 0 Å². The number of hydrogen-bond acceptors (Lipinski definition) is 3. The molecular weight excluding hydrogens is 292 g/mol. The number of aromatic nitrogens is 1. The minimum atomic E-state index is -0.582. The first kappa shape index (κ1) is 11.8. The second-order valence-corrected chi connectivity index (χ2v) is 4.16. The Morgan fingerprint density at radius 2 is 1.94 bits per heavy atom. The average Bonchev–Trinajstić information content (AvgIpc) is 2.29. The largest absolute Gasteiger partial charge is 0.382 e. The molecule has 2 aromatic rings. The third-order valence-electron chi connectivity index (χ3n) is 2.12. The van der Waals surface area contributed by atoms with E-state index in [0.29, 0.717) is 5.69 Å². The molecule has 0 aliphatic heterocycles. The molecule has 3 N–H and O–H groups in total. The van der Waals surface area contributed by atoms with E-state index in [1.807, 2.05) is 0 Å². The lowest BCUT2D eigenvalue weighted by molar-refractivity contribution is 0.598. The number of pyridine rings is 1. The quantitative estimate of drug-likeness (QED) is 0.835. The first-order valence-corrected chi connectivity index (χ1v) is 5.49. The van der Waals surface area contributed by atoms with Crippen LogP contribution in [-0.2, 0) is 0 Å². The summed E-state index contributed by atoms with van der Waals surface area (Å²) < 4.78 is 26.9. The lowest BCUT2D eigenvalue weighted by Gasteiger charge is -2.09. The van der Waals surface area contributed by atoms with E-state index in [9.17, 15) is 8.78 Å². The molecule has 0 radical (unpaired) electrons. The molecule has 3 nitrogen and oxygen atoms in total. The molecular formula is C11H8BrF2N3. The standard InChI is InChI=1S/C11H8BrF2N3/c12-6-4-8(14)10(5-7(6)13)17-9-2-1-3-16-11(9)15/h1-5,17H,(H2,15,16). The van der Waals surface area contributed by atoms with Gasteiger partial charge in [-0.15, -0.1) is 0 Å². The topological polar surface area (TPSA) is 50.9 Å². The number of nitrogen functional groups attached to an aromatic ring is 1. The zero-order valence-electron chi connectivity index (χ0n) is 8.55. The predicted molar refractivity (Wildman–Crippen MR) is 66.0 cm³/mol. The van der Waals surface area contributed by atoms with E-state index in [4.69, 9.17) is 5.73 Å². The fourth-order valence-electron chi connectivity index (χ4n) is 1.29. The van der Waals surface area contributed by atoms with Crippen LogP contribution in [0.1, 0.15) is 0 Å². The van der Waals surface area contributed by atoms with Crippen molar-refractivity contribution in [3.8, 4) is 0 Å². The molecule has 0 saturated heterocycles. The Morgan fingerprint density at radius 3 is 2.65 bits per heavy atom. The first-order valence-electron chi connectivity index (χ1n) is 4.70. The van der Waals surface area contributed by atoms with Crippen molar-refractivity contribution in [1.29, 1.82) is 0 Å². The summed E-state index contributed by atoms with van der Waals surface area (Å²) in [6, 6.07) is 5.36. The fourth-order valence-corrected chi connectivity index (χ4v) is 1.60. The van der Waals surface area contributed by atoms with Gasteiger partial charge >= 0.3 is 0 Å². The second kappa shape index (κ2) is 4.67. The number of nitrogens with zero attached hydrogens (tertiary/aromatic N) is 1. The van der Waals surface area contributed by atoms with Crippen LogP contribution in [-0.4, -0.2) is 4.98 Å². The molecule has 1 aromatic carbocycles. The van der Waals surface area contributed by atoms with Crippen molar-refractivity contribution < 1.29 is 8.78 Å². The highest BCUT2D eigenvalue weighted by molar-refractivity contribution is 9.10. The number of hydrogen-bond donors (Lipinski definition) is 2. The molecule has 1 heterocycles.